The van der Waals surface area contributed by atoms with Gasteiger partial charge in [-0.15, -0.1) is 0 Å². The summed E-state index contributed by atoms with van der Waals surface area (Å²) in [5, 5.41) is 2.86. The van der Waals surface area contributed by atoms with Gasteiger partial charge in [-0.25, -0.2) is 4.79 Å². The maximum Gasteiger partial charge on any atom is 0.337 e. The summed E-state index contributed by atoms with van der Waals surface area (Å²) in [6, 6.07) is 6.84. The molecule has 0 bridgehead atoms. The number of hydrogen-bond donors (Lipinski definition) is 1. The van der Waals surface area contributed by atoms with Crippen LogP contribution < -0.4 is 5.32 Å². The van der Waals surface area contributed by atoms with Gasteiger partial charge in [-0.3, -0.25) is 4.79 Å². The zero-order valence-corrected chi connectivity index (χ0v) is 9.03. The third kappa shape index (κ3) is 2.39. The van der Waals surface area contributed by atoms with Gasteiger partial charge < -0.3 is 10.1 Å². The van der Waals surface area contributed by atoms with Crippen molar-refractivity contribution in [3.05, 3.63) is 35.4 Å². The summed E-state index contributed by atoms with van der Waals surface area (Å²) in [4.78, 5) is 23.0. The molecule has 84 valence electrons. The van der Waals surface area contributed by atoms with Crippen molar-refractivity contribution in [3.63, 3.8) is 0 Å². The second kappa shape index (κ2) is 4.35. The minimum atomic E-state index is -0.430. The Morgan fingerprint density at radius 2 is 2.00 bits per heavy atom. The molecular weight excluding hydrogens is 206 g/mol. The van der Waals surface area contributed by atoms with Gasteiger partial charge in [-0.2, -0.15) is 0 Å². The molecule has 1 N–H and O–H groups in total. The van der Waals surface area contributed by atoms with Crippen molar-refractivity contribution in [2.24, 2.45) is 0 Å². The molecule has 0 atom stereocenters. The number of esters is 1. The van der Waals surface area contributed by atoms with Crippen molar-refractivity contribution in [1.82, 2.24) is 5.32 Å². The first kappa shape index (κ1) is 10.7. The van der Waals surface area contributed by atoms with Crippen molar-refractivity contribution < 1.29 is 14.3 Å². The van der Waals surface area contributed by atoms with E-state index in [0.717, 1.165) is 12.8 Å². The van der Waals surface area contributed by atoms with Gasteiger partial charge in [0.05, 0.1) is 12.7 Å². The largest absolute Gasteiger partial charge is 0.465 e. The molecule has 0 spiro atoms. The number of nitrogens with one attached hydrogen (secondary N) is 1. The van der Waals surface area contributed by atoms with Crippen LogP contribution in [-0.4, -0.2) is 25.0 Å². The molecule has 1 fully saturated rings. The lowest BCUT2D eigenvalue weighted by Crippen LogP contribution is -2.25. The highest BCUT2D eigenvalue weighted by Gasteiger charge is 2.24. The Morgan fingerprint density at radius 1 is 1.31 bits per heavy atom. The molecule has 16 heavy (non-hydrogen) atoms. The molecule has 1 saturated carbocycles. The molecule has 0 unspecified atom stereocenters. The molecule has 1 amide bonds. The van der Waals surface area contributed by atoms with Gasteiger partial charge in [-0.1, -0.05) is 6.07 Å². The number of rotatable bonds is 3. The molecule has 0 aromatic heterocycles. The number of carbonyl (C=O) groups excluding carboxylic acids is 2. The van der Waals surface area contributed by atoms with Gasteiger partial charge in [0.1, 0.15) is 0 Å². The summed E-state index contributed by atoms with van der Waals surface area (Å²) in [6.45, 7) is 0. The zero-order chi connectivity index (χ0) is 11.5. The normalized spacial score (nSPS) is 14.3. The molecule has 0 radical (unpaired) electrons. The average Bonchev–Trinajstić information content (AvgIpc) is 3.12. The third-order valence-corrected chi connectivity index (χ3v) is 2.46. The van der Waals surface area contributed by atoms with Crippen LogP contribution in [0.3, 0.4) is 0 Å². The van der Waals surface area contributed by atoms with Crippen molar-refractivity contribution >= 4 is 11.9 Å². The van der Waals surface area contributed by atoms with E-state index in [1.807, 2.05) is 0 Å². The molecule has 1 aromatic carbocycles. The van der Waals surface area contributed by atoms with E-state index in [0.29, 0.717) is 17.2 Å². The number of ether oxygens (including phenoxy) is 1. The lowest BCUT2D eigenvalue weighted by atomic mass is 10.1. The van der Waals surface area contributed by atoms with Crippen molar-refractivity contribution in [2.45, 2.75) is 18.9 Å². The fourth-order valence-corrected chi connectivity index (χ4v) is 1.40. The van der Waals surface area contributed by atoms with Gasteiger partial charge in [0.25, 0.3) is 5.91 Å². The highest BCUT2D eigenvalue weighted by Crippen LogP contribution is 2.19. The second-order valence-electron chi connectivity index (χ2n) is 3.82. The molecule has 0 aliphatic heterocycles. The maximum atomic E-state index is 11.7. The van der Waals surface area contributed by atoms with Gasteiger partial charge in [0, 0.05) is 11.6 Å². The van der Waals surface area contributed by atoms with Crippen molar-refractivity contribution in [3.8, 4) is 0 Å². The highest BCUT2D eigenvalue weighted by atomic mass is 16.5. The van der Waals surface area contributed by atoms with Crippen LogP contribution in [0.25, 0.3) is 0 Å². The Balaban J connectivity index is 2.14. The second-order valence-corrected chi connectivity index (χ2v) is 3.82. The summed E-state index contributed by atoms with van der Waals surface area (Å²) in [5.74, 6) is -0.561. The summed E-state index contributed by atoms with van der Waals surface area (Å²) < 4.78 is 4.59. The first-order valence-corrected chi connectivity index (χ1v) is 5.20. The van der Waals surface area contributed by atoms with Crippen molar-refractivity contribution in [2.75, 3.05) is 7.11 Å². The minimum absolute atomic E-state index is 0.131. The zero-order valence-electron chi connectivity index (χ0n) is 9.03. The Kier molecular flexibility index (Phi) is 2.90. The number of amides is 1. The van der Waals surface area contributed by atoms with E-state index in [1.165, 1.54) is 7.11 Å². The molecule has 1 aliphatic rings. The first-order chi connectivity index (χ1) is 7.70. The molecule has 1 aromatic rings. The topological polar surface area (TPSA) is 55.4 Å². The lowest BCUT2D eigenvalue weighted by Gasteiger charge is -2.04. The van der Waals surface area contributed by atoms with Gasteiger partial charge in [0.15, 0.2) is 0 Å². The average molecular weight is 219 g/mol. The number of benzene rings is 1. The van der Waals surface area contributed by atoms with Crippen LogP contribution in [0.4, 0.5) is 0 Å². The predicted octanol–water partition coefficient (Wildman–Crippen LogP) is 1.37. The number of methoxy groups -OCH3 is 1. The van der Waals surface area contributed by atoms with Gasteiger partial charge >= 0.3 is 5.97 Å². The maximum absolute atomic E-state index is 11.7. The quantitative estimate of drug-likeness (QED) is 0.781. The Morgan fingerprint density at radius 3 is 2.62 bits per heavy atom. The smallest absolute Gasteiger partial charge is 0.337 e. The van der Waals surface area contributed by atoms with E-state index in [9.17, 15) is 9.59 Å². The fourth-order valence-electron chi connectivity index (χ4n) is 1.40. The first-order valence-electron chi connectivity index (χ1n) is 5.20. The summed E-state index contributed by atoms with van der Waals surface area (Å²) in [7, 11) is 1.32. The summed E-state index contributed by atoms with van der Waals surface area (Å²) in [6.07, 6.45) is 2.09. The summed E-state index contributed by atoms with van der Waals surface area (Å²) >= 11 is 0. The Bertz CT molecular complexity index is 424. The van der Waals surface area contributed by atoms with E-state index in [-0.39, 0.29) is 5.91 Å². The van der Waals surface area contributed by atoms with Crippen LogP contribution in [0.1, 0.15) is 33.6 Å². The highest BCUT2D eigenvalue weighted by molar-refractivity contribution is 5.98. The SMILES string of the molecule is COC(=O)c1cccc(C(=O)NC2CC2)c1. The van der Waals surface area contributed by atoms with Crippen LogP contribution in [0, 0.1) is 0 Å². The number of carbonyl (C=O) groups is 2. The van der Waals surface area contributed by atoms with Crippen LogP contribution >= 0.6 is 0 Å². The van der Waals surface area contributed by atoms with E-state index in [2.05, 4.69) is 10.1 Å². The van der Waals surface area contributed by atoms with E-state index in [4.69, 9.17) is 0 Å². The molecule has 0 saturated heterocycles. The van der Waals surface area contributed by atoms with Crippen LogP contribution in [0.15, 0.2) is 24.3 Å². The molecule has 0 heterocycles. The van der Waals surface area contributed by atoms with Crippen molar-refractivity contribution in [1.29, 1.82) is 0 Å². The lowest BCUT2D eigenvalue weighted by molar-refractivity contribution is 0.0600. The van der Waals surface area contributed by atoms with Crippen LogP contribution in [-0.2, 0) is 4.74 Å². The number of hydrogen-bond acceptors (Lipinski definition) is 3. The third-order valence-electron chi connectivity index (χ3n) is 2.46. The monoisotopic (exact) mass is 219 g/mol. The Hall–Kier alpha value is -1.84. The standard InChI is InChI=1S/C12H13NO3/c1-16-12(15)9-4-2-3-8(7-9)11(14)13-10-5-6-10/h2-4,7,10H,5-6H2,1H3,(H,13,14). The van der Waals surface area contributed by atoms with E-state index < -0.39 is 5.97 Å². The molecular formula is C12H13NO3. The van der Waals surface area contributed by atoms with E-state index >= 15 is 0 Å². The fraction of sp³-hybridized carbons (Fsp3) is 0.333. The van der Waals surface area contributed by atoms with E-state index in [1.54, 1.807) is 24.3 Å². The summed E-state index contributed by atoms with van der Waals surface area (Å²) in [5.41, 5.74) is 0.890. The molecule has 1 aliphatic carbocycles. The Labute approximate surface area is 93.6 Å². The van der Waals surface area contributed by atoms with Crippen LogP contribution in [0.5, 0.6) is 0 Å². The van der Waals surface area contributed by atoms with Gasteiger partial charge in [0.2, 0.25) is 0 Å². The van der Waals surface area contributed by atoms with Gasteiger partial charge in [-0.05, 0) is 31.0 Å². The molecule has 2 rings (SSSR count). The van der Waals surface area contributed by atoms with Crippen LogP contribution in [0.2, 0.25) is 0 Å². The minimum Gasteiger partial charge on any atom is -0.465 e. The molecule has 4 nitrogen and oxygen atoms in total. The molecule has 4 heteroatoms. The predicted molar refractivity (Wildman–Crippen MR) is 58.3 cm³/mol.